The van der Waals surface area contributed by atoms with Crippen LogP contribution in [0, 0.1) is 0 Å². The van der Waals surface area contributed by atoms with Crippen molar-refractivity contribution in [3.05, 3.63) is 0 Å². The van der Waals surface area contributed by atoms with Gasteiger partial charge >= 0.3 is 5.97 Å². The lowest BCUT2D eigenvalue weighted by Gasteiger charge is -2.15. The molecule has 0 aliphatic carbocycles. The molecule has 4 nitrogen and oxygen atoms in total. The topological polar surface area (TPSA) is 52.6 Å². The fourth-order valence-corrected chi connectivity index (χ4v) is 4.59. The number of rotatable bonds is 28. The van der Waals surface area contributed by atoms with E-state index in [4.69, 9.17) is 5.11 Å². The number of aliphatic carboxylic acids is 1. The van der Waals surface area contributed by atoms with Gasteiger partial charge in [0.2, 0.25) is 0 Å². The second-order valence-electron chi connectivity index (χ2n) is 11.0. The van der Waals surface area contributed by atoms with Crippen LogP contribution < -0.4 is 5.32 Å². The van der Waals surface area contributed by atoms with Crippen LogP contribution in [0.25, 0.3) is 0 Å². The molecule has 0 heterocycles. The minimum Gasteiger partial charge on any atom is -0.481 e. The van der Waals surface area contributed by atoms with Crippen molar-refractivity contribution >= 4 is 5.97 Å². The van der Waals surface area contributed by atoms with Crippen LogP contribution in [-0.4, -0.2) is 42.8 Å². The fourth-order valence-electron chi connectivity index (χ4n) is 4.59. The third-order valence-corrected chi connectivity index (χ3v) is 6.94. The molecule has 0 fully saturated rings. The average molecular weight is 513 g/mol. The Morgan fingerprint density at radius 2 is 0.917 bits per heavy atom. The first-order valence-corrected chi connectivity index (χ1v) is 16.2. The number of carbonyl (C=O) groups is 1. The van der Waals surface area contributed by atoms with E-state index in [0.717, 1.165) is 19.5 Å². The smallest absolute Gasteiger partial charge is 0.303 e. The Labute approximate surface area is 227 Å². The summed E-state index contributed by atoms with van der Waals surface area (Å²) in [5, 5.41) is 12.0. The van der Waals surface area contributed by atoms with Crippen LogP contribution in [0.3, 0.4) is 0 Å². The molecule has 0 rings (SSSR count). The molecule has 36 heavy (non-hydrogen) atoms. The van der Waals surface area contributed by atoms with Gasteiger partial charge in [-0.1, -0.05) is 149 Å². The van der Waals surface area contributed by atoms with Crippen LogP contribution >= 0.6 is 0 Å². The molecule has 0 aliphatic heterocycles. The van der Waals surface area contributed by atoms with E-state index in [1.807, 2.05) is 0 Å². The van der Waals surface area contributed by atoms with E-state index in [2.05, 4.69) is 38.0 Å². The quantitative estimate of drug-likeness (QED) is 0.0808. The van der Waals surface area contributed by atoms with Gasteiger partial charge in [0, 0.05) is 13.1 Å². The lowest BCUT2D eigenvalue weighted by molar-refractivity contribution is -0.137. The van der Waals surface area contributed by atoms with Crippen LogP contribution in [0.1, 0.15) is 175 Å². The summed E-state index contributed by atoms with van der Waals surface area (Å²) < 4.78 is 0. The zero-order valence-corrected chi connectivity index (χ0v) is 25.4. The van der Waals surface area contributed by atoms with Gasteiger partial charge in [-0.25, -0.2) is 0 Å². The number of carboxylic acids is 1. The monoisotopic (exact) mass is 513 g/mol. The van der Waals surface area contributed by atoms with Crippen molar-refractivity contribution in [2.75, 3.05) is 26.8 Å². The first-order chi connectivity index (χ1) is 17.6. The third kappa shape index (κ3) is 37.9. The maximum atomic E-state index is 10.4. The van der Waals surface area contributed by atoms with Gasteiger partial charge in [0.25, 0.3) is 0 Å². The zero-order chi connectivity index (χ0) is 27.0. The normalized spacial score (nSPS) is 11.0. The van der Waals surface area contributed by atoms with Crippen molar-refractivity contribution in [1.82, 2.24) is 10.2 Å². The molecule has 0 aromatic rings. The highest BCUT2D eigenvalue weighted by Gasteiger charge is 1.97. The number of unbranched alkanes of at least 4 members (excludes halogenated alkanes) is 20. The predicted molar refractivity (Wildman–Crippen MR) is 161 cm³/mol. The Kier molecular flexibility index (Phi) is 35.9. The highest BCUT2D eigenvalue weighted by molar-refractivity contribution is 5.66. The molecular formula is C32H68N2O2. The minimum absolute atomic E-state index is 0.346. The Morgan fingerprint density at radius 3 is 1.28 bits per heavy atom. The molecule has 0 bridgehead atoms. The second kappa shape index (κ2) is 34.4. The summed E-state index contributed by atoms with van der Waals surface area (Å²) in [5.74, 6) is -0.651. The predicted octanol–water partition coefficient (Wildman–Crippen LogP) is 9.96. The van der Waals surface area contributed by atoms with Crippen LogP contribution in [-0.2, 0) is 4.79 Å². The standard InChI is InChI=1S/C22H44O2.C10H24N2/c1-2-3-4-5-6-7-8-9-10-11-12-13-14-15-16-17-18-19-20-21-22(23)24;1-4-6-7-8-11-10-12(3)9-5-2/h2-21H2,1H3,(H,23,24);11H,4-10H2,1-3H3. The molecule has 0 aromatic carbocycles. The molecule has 218 valence electrons. The highest BCUT2D eigenvalue weighted by Crippen LogP contribution is 2.14. The second-order valence-corrected chi connectivity index (χ2v) is 11.0. The number of nitrogens with one attached hydrogen (secondary N) is 1. The van der Waals surface area contributed by atoms with Crippen molar-refractivity contribution in [3.63, 3.8) is 0 Å². The molecule has 0 spiro atoms. The van der Waals surface area contributed by atoms with Gasteiger partial charge in [-0.3, -0.25) is 9.69 Å². The average Bonchev–Trinajstić information content (AvgIpc) is 2.86. The SMILES string of the molecule is CCCCCCCCCCCCCCCCCCCCCC(=O)O.CCCCCNCN(C)CCC. The zero-order valence-electron chi connectivity index (χ0n) is 25.4. The molecular weight excluding hydrogens is 444 g/mol. The van der Waals surface area contributed by atoms with Crippen molar-refractivity contribution in [1.29, 1.82) is 0 Å². The summed E-state index contributed by atoms with van der Waals surface area (Å²) in [6.07, 6.45) is 31.3. The molecule has 0 saturated heterocycles. The van der Waals surface area contributed by atoms with E-state index in [9.17, 15) is 4.79 Å². The summed E-state index contributed by atoms with van der Waals surface area (Å²) in [7, 11) is 2.16. The summed E-state index contributed by atoms with van der Waals surface area (Å²) in [4.78, 5) is 12.7. The molecule has 0 saturated carbocycles. The number of carboxylic acid groups (broad SMARTS) is 1. The van der Waals surface area contributed by atoms with Crippen molar-refractivity contribution in [2.24, 2.45) is 0 Å². The van der Waals surface area contributed by atoms with Crippen molar-refractivity contribution < 1.29 is 9.90 Å². The third-order valence-electron chi connectivity index (χ3n) is 6.94. The van der Waals surface area contributed by atoms with Gasteiger partial charge in [-0.2, -0.15) is 0 Å². The van der Waals surface area contributed by atoms with Gasteiger partial charge in [0.1, 0.15) is 0 Å². The molecule has 0 aliphatic rings. The fraction of sp³-hybridized carbons (Fsp3) is 0.969. The molecule has 0 unspecified atom stereocenters. The maximum Gasteiger partial charge on any atom is 0.303 e. The number of hydrogen-bond donors (Lipinski definition) is 2. The number of nitrogens with zero attached hydrogens (tertiary/aromatic N) is 1. The van der Waals surface area contributed by atoms with E-state index < -0.39 is 5.97 Å². The van der Waals surface area contributed by atoms with Crippen molar-refractivity contribution in [3.8, 4) is 0 Å². The van der Waals surface area contributed by atoms with E-state index in [1.54, 1.807) is 0 Å². The van der Waals surface area contributed by atoms with Crippen LogP contribution in [0.5, 0.6) is 0 Å². The van der Waals surface area contributed by atoms with Crippen LogP contribution in [0.4, 0.5) is 0 Å². The Hall–Kier alpha value is -0.610. The lowest BCUT2D eigenvalue weighted by atomic mass is 10.0. The first kappa shape index (κ1) is 37.5. The van der Waals surface area contributed by atoms with E-state index in [0.29, 0.717) is 6.42 Å². The van der Waals surface area contributed by atoms with E-state index >= 15 is 0 Å². The lowest BCUT2D eigenvalue weighted by Crippen LogP contribution is -2.32. The van der Waals surface area contributed by atoms with E-state index in [1.165, 1.54) is 148 Å². The molecule has 4 heteroatoms. The Morgan fingerprint density at radius 1 is 0.556 bits per heavy atom. The molecule has 0 aromatic heterocycles. The van der Waals surface area contributed by atoms with Gasteiger partial charge < -0.3 is 10.4 Å². The van der Waals surface area contributed by atoms with Crippen LogP contribution in [0.15, 0.2) is 0 Å². The molecule has 0 amide bonds. The summed E-state index contributed by atoms with van der Waals surface area (Å²) in [6, 6.07) is 0. The largest absolute Gasteiger partial charge is 0.481 e. The van der Waals surface area contributed by atoms with Gasteiger partial charge in [-0.15, -0.1) is 0 Å². The maximum absolute atomic E-state index is 10.4. The molecule has 0 radical (unpaired) electrons. The first-order valence-electron chi connectivity index (χ1n) is 16.2. The number of hydrogen-bond acceptors (Lipinski definition) is 3. The summed E-state index contributed by atoms with van der Waals surface area (Å²) in [6.45, 7) is 10.1. The van der Waals surface area contributed by atoms with E-state index in [-0.39, 0.29) is 0 Å². The van der Waals surface area contributed by atoms with Gasteiger partial charge in [0.05, 0.1) is 0 Å². The highest BCUT2D eigenvalue weighted by atomic mass is 16.4. The Bertz CT molecular complexity index is 404. The molecule has 0 atom stereocenters. The minimum atomic E-state index is -0.651. The van der Waals surface area contributed by atoms with Gasteiger partial charge in [0.15, 0.2) is 0 Å². The molecule has 2 N–H and O–H groups in total. The van der Waals surface area contributed by atoms with Crippen molar-refractivity contribution in [2.45, 2.75) is 175 Å². The Balaban J connectivity index is 0. The van der Waals surface area contributed by atoms with Gasteiger partial charge in [-0.05, 0) is 39.4 Å². The summed E-state index contributed by atoms with van der Waals surface area (Å²) in [5.41, 5.74) is 0. The van der Waals surface area contributed by atoms with Crippen LogP contribution in [0.2, 0.25) is 0 Å². The summed E-state index contributed by atoms with van der Waals surface area (Å²) >= 11 is 0.